The Labute approximate surface area is 157 Å². The summed E-state index contributed by atoms with van der Waals surface area (Å²) in [5, 5.41) is 0. The number of hydrogen-bond donors (Lipinski definition) is 0. The molecule has 0 saturated heterocycles. The van der Waals surface area contributed by atoms with E-state index in [1.54, 1.807) is 7.11 Å². The first kappa shape index (κ1) is 20.8. The highest BCUT2D eigenvalue weighted by Crippen LogP contribution is 2.30. The molecule has 1 unspecified atom stereocenters. The molecule has 2 aromatic rings. The molecule has 0 saturated carbocycles. The van der Waals surface area contributed by atoms with Gasteiger partial charge in [0.1, 0.15) is 17.8 Å². The van der Waals surface area contributed by atoms with Crippen molar-refractivity contribution in [2.24, 2.45) is 5.92 Å². The van der Waals surface area contributed by atoms with Crippen molar-refractivity contribution >= 4 is 6.29 Å². The van der Waals surface area contributed by atoms with Crippen LogP contribution >= 0.6 is 0 Å². The van der Waals surface area contributed by atoms with Crippen molar-refractivity contribution in [3.63, 3.8) is 0 Å². The molecule has 1 atom stereocenters. The van der Waals surface area contributed by atoms with E-state index in [9.17, 15) is 18.0 Å². The van der Waals surface area contributed by atoms with E-state index in [4.69, 9.17) is 9.47 Å². The van der Waals surface area contributed by atoms with E-state index >= 15 is 0 Å². The standard InChI is InChI=1S/C21H23F3O3/c1-3-15(14-25)12-16-4-9-20(26-2)17(13-16)10-11-27-19-7-5-18(6-8-19)21(22,23)24/h4-9,13-15H,3,10-12H2,1-2H3. The molecule has 0 amide bonds. The quantitative estimate of drug-likeness (QED) is 0.568. The Kier molecular flexibility index (Phi) is 7.28. The van der Waals surface area contributed by atoms with Gasteiger partial charge in [-0.15, -0.1) is 0 Å². The van der Waals surface area contributed by atoms with Crippen molar-refractivity contribution in [2.75, 3.05) is 13.7 Å². The molecule has 146 valence electrons. The molecule has 2 rings (SSSR count). The molecule has 0 fully saturated rings. The predicted octanol–water partition coefficient (Wildman–Crippen LogP) is 5.10. The lowest BCUT2D eigenvalue weighted by Crippen LogP contribution is -2.07. The summed E-state index contributed by atoms with van der Waals surface area (Å²) in [4.78, 5) is 11.0. The van der Waals surface area contributed by atoms with Crippen molar-refractivity contribution in [3.05, 3.63) is 59.2 Å². The first-order valence-corrected chi connectivity index (χ1v) is 8.78. The fourth-order valence-corrected chi connectivity index (χ4v) is 2.76. The van der Waals surface area contributed by atoms with Gasteiger partial charge >= 0.3 is 6.18 Å². The third kappa shape index (κ3) is 6.01. The van der Waals surface area contributed by atoms with Gasteiger partial charge < -0.3 is 14.3 Å². The lowest BCUT2D eigenvalue weighted by atomic mass is 9.96. The second kappa shape index (κ2) is 9.44. The zero-order valence-corrected chi connectivity index (χ0v) is 15.4. The van der Waals surface area contributed by atoms with Gasteiger partial charge in [0, 0.05) is 12.3 Å². The van der Waals surface area contributed by atoms with Crippen LogP contribution < -0.4 is 9.47 Å². The van der Waals surface area contributed by atoms with Gasteiger partial charge in [0.2, 0.25) is 0 Å². The molecule has 0 aliphatic rings. The molecule has 0 N–H and O–H groups in total. The van der Waals surface area contributed by atoms with Crippen LogP contribution in [-0.4, -0.2) is 20.0 Å². The van der Waals surface area contributed by atoms with Crippen molar-refractivity contribution in [1.82, 2.24) is 0 Å². The Morgan fingerprint density at radius 3 is 2.37 bits per heavy atom. The number of halogens is 3. The van der Waals surface area contributed by atoms with Crippen LogP contribution in [-0.2, 0) is 23.8 Å². The summed E-state index contributed by atoms with van der Waals surface area (Å²) in [6, 6.07) is 10.4. The van der Waals surface area contributed by atoms with E-state index < -0.39 is 11.7 Å². The minimum absolute atomic E-state index is 0.0188. The topological polar surface area (TPSA) is 35.5 Å². The zero-order chi connectivity index (χ0) is 19.9. The van der Waals surface area contributed by atoms with E-state index in [0.29, 0.717) is 30.9 Å². The van der Waals surface area contributed by atoms with E-state index in [1.165, 1.54) is 12.1 Å². The number of carbonyl (C=O) groups is 1. The average Bonchev–Trinajstić information content (AvgIpc) is 2.66. The van der Waals surface area contributed by atoms with Crippen molar-refractivity contribution in [2.45, 2.75) is 32.4 Å². The fourth-order valence-electron chi connectivity index (χ4n) is 2.76. The molecule has 0 aromatic heterocycles. The Morgan fingerprint density at radius 2 is 1.81 bits per heavy atom. The molecule has 27 heavy (non-hydrogen) atoms. The highest BCUT2D eigenvalue weighted by atomic mass is 19.4. The van der Waals surface area contributed by atoms with Crippen LogP contribution in [0.5, 0.6) is 11.5 Å². The van der Waals surface area contributed by atoms with Crippen LogP contribution in [0.2, 0.25) is 0 Å². The first-order valence-electron chi connectivity index (χ1n) is 8.78. The highest BCUT2D eigenvalue weighted by molar-refractivity contribution is 5.54. The fraction of sp³-hybridized carbons (Fsp3) is 0.381. The zero-order valence-electron chi connectivity index (χ0n) is 15.4. The van der Waals surface area contributed by atoms with E-state index in [1.807, 2.05) is 25.1 Å². The van der Waals surface area contributed by atoms with Crippen LogP contribution in [0.25, 0.3) is 0 Å². The third-order valence-corrected chi connectivity index (χ3v) is 4.38. The third-order valence-electron chi connectivity index (χ3n) is 4.38. The van der Waals surface area contributed by atoms with Crippen LogP contribution in [0.4, 0.5) is 13.2 Å². The van der Waals surface area contributed by atoms with E-state index in [0.717, 1.165) is 36.0 Å². The largest absolute Gasteiger partial charge is 0.496 e. The van der Waals surface area contributed by atoms with Crippen LogP contribution in [0, 0.1) is 5.92 Å². The van der Waals surface area contributed by atoms with Gasteiger partial charge in [0.15, 0.2) is 0 Å². The molecule has 0 bridgehead atoms. The maximum atomic E-state index is 12.6. The number of hydrogen-bond acceptors (Lipinski definition) is 3. The smallest absolute Gasteiger partial charge is 0.416 e. The molecule has 6 heteroatoms. The van der Waals surface area contributed by atoms with Crippen LogP contribution in [0.1, 0.15) is 30.0 Å². The average molecular weight is 380 g/mol. The Morgan fingerprint density at radius 1 is 1.11 bits per heavy atom. The second-order valence-electron chi connectivity index (χ2n) is 6.28. The molecular formula is C21H23F3O3. The summed E-state index contributed by atoms with van der Waals surface area (Å²) in [6.45, 7) is 2.28. The summed E-state index contributed by atoms with van der Waals surface area (Å²) < 4.78 is 48.7. The lowest BCUT2D eigenvalue weighted by molar-refractivity contribution is -0.137. The molecule has 0 heterocycles. The van der Waals surface area contributed by atoms with Gasteiger partial charge in [-0.2, -0.15) is 13.2 Å². The van der Waals surface area contributed by atoms with Gasteiger partial charge in [-0.3, -0.25) is 0 Å². The van der Waals surface area contributed by atoms with Gasteiger partial charge in [0.05, 0.1) is 19.3 Å². The first-order chi connectivity index (χ1) is 12.9. The Bertz CT molecular complexity index is 739. The molecule has 2 aromatic carbocycles. The van der Waals surface area contributed by atoms with Crippen molar-refractivity contribution in [1.29, 1.82) is 0 Å². The number of ether oxygens (including phenoxy) is 2. The normalized spacial score (nSPS) is 12.5. The summed E-state index contributed by atoms with van der Waals surface area (Å²) in [6.07, 6.45) is -1.41. The van der Waals surface area contributed by atoms with Gasteiger partial charge in [-0.25, -0.2) is 0 Å². The highest BCUT2D eigenvalue weighted by Gasteiger charge is 2.30. The molecule has 0 aliphatic carbocycles. The monoisotopic (exact) mass is 380 g/mol. The maximum absolute atomic E-state index is 12.6. The van der Waals surface area contributed by atoms with Crippen molar-refractivity contribution in [3.8, 4) is 11.5 Å². The molecule has 0 radical (unpaired) electrons. The maximum Gasteiger partial charge on any atom is 0.416 e. The van der Waals surface area contributed by atoms with Crippen LogP contribution in [0.15, 0.2) is 42.5 Å². The molecule has 3 nitrogen and oxygen atoms in total. The van der Waals surface area contributed by atoms with Gasteiger partial charge in [0.25, 0.3) is 0 Å². The number of carbonyl (C=O) groups excluding carboxylic acids is 1. The second-order valence-corrected chi connectivity index (χ2v) is 6.28. The summed E-state index contributed by atoms with van der Waals surface area (Å²) in [5.41, 5.74) is 1.27. The van der Waals surface area contributed by atoms with Crippen molar-refractivity contribution < 1.29 is 27.4 Å². The Balaban J connectivity index is 2.00. The minimum atomic E-state index is -4.36. The minimum Gasteiger partial charge on any atom is -0.496 e. The number of rotatable bonds is 9. The Hall–Kier alpha value is -2.50. The number of methoxy groups -OCH3 is 1. The number of alkyl halides is 3. The van der Waals surface area contributed by atoms with Gasteiger partial charge in [-0.1, -0.05) is 19.1 Å². The summed E-state index contributed by atoms with van der Waals surface area (Å²) in [5.74, 6) is 1.08. The van der Waals surface area contributed by atoms with Crippen LogP contribution in [0.3, 0.4) is 0 Å². The number of aldehydes is 1. The summed E-state index contributed by atoms with van der Waals surface area (Å²) in [7, 11) is 1.58. The molecule has 0 spiro atoms. The van der Waals surface area contributed by atoms with E-state index in [2.05, 4.69) is 0 Å². The van der Waals surface area contributed by atoms with E-state index in [-0.39, 0.29) is 5.92 Å². The SMILES string of the molecule is CCC(C=O)Cc1ccc(OC)c(CCOc2ccc(C(F)(F)F)cc2)c1. The summed E-state index contributed by atoms with van der Waals surface area (Å²) >= 11 is 0. The predicted molar refractivity (Wildman–Crippen MR) is 97.2 cm³/mol. The molecule has 0 aliphatic heterocycles. The number of benzene rings is 2. The lowest BCUT2D eigenvalue weighted by Gasteiger charge is -2.14. The van der Waals surface area contributed by atoms with Gasteiger partial charge in [-0.05, 0) is 54.3 Å². The molecular weight excluding hydrogens is 357 g/mol.